The molecular weight excluding hydrogens is 260 g/mol. The van der Waals surface area contributed by atoms with Crippen LogP contribution in [0.25, 0.3) is 0 Å². The topological polar surface area (TPSA) is 0 Å². The smallest absolute Gasteiger partial charge is 0.0120 e. The Balaban J connectivity index is -0.000000141. The molecule has 0 aromatic heterocycles. The Morgan fingerprint density at radius 1 is 1.00 bits per heavy atom. The molecule has 0 bridgehead atoms. The Hall–Kier alpha value is -0.400. The van der Waals surface area contributed by atoms with Crippen molar-refractivity contribution in [2.24, 2.45) is 0 Å². The van der Waals surface area contributed by atoms with Gasteiger partial charge in [0.15, 0.2) is 0 Å². The summed E-state index contributed by atoms with van der Waals surface area (Å²) < 4.78 is 0. The summed E-state index contributed by atoms with van der Waals surface area (Å²) in [5, 5.41) is 3.77. The van der Waals surface area contributed by atoms with Crippen LogP contribution in [0, 0.1) is 0 Å². The summed E-state index contributed by atoms with van der Waals surface area (Å²) in [6.45, 7) is 23.4. The SMILES string of the molecule is C=CS/C=C(C)/C(=C/Cl)C(=C)C.CC.CC.CC. The maximum atomic E-state index is 5.64. The van der Waals surface area contributed by atoms with Crippen LogP contribution in [-0.4, -0.2) is 0 Å². The van der Waals surface area contributed by atoms with Gasteiger partial charge in [-0.3, -0.25) is 0 Å². The van der Waals surface area contributed by atoms with Crippen molar-refractivity contribution in [2.75, 3.05) is 0 Å². The van der Waals surface area contributed by atoms with E-state index in [4.69, 9.17) is 11.6 Å². The summed E-state index contributed by atoms with van der Waals surface area (Å²) in [5.41, 5.74) is 4.63. The molecule has 0 aliphatic heterocycles. The first kappa shape index (κ1) is 26.2. The molecule has 0 nitrogen and oxygen atoms in total. The van der Waals surface area contributed by atoms with Crippen LogP contribution in [0.2, 0.25) is 0 Å². The van der Waals surface area contributed by atoms with E-state index in [0.29, 0.717) is 0 Å². The summed E-state index contributed by atoms with van der Waals surface area (Å²) in [4.78, 5) is 0. The Morgan fingerprint density at radius 2 is 1.39 bits per heavy atom. The molecule has 18 heavy (non-hydrogen) atoms. The van der Waals surface area contributed by atoms with Gasteiger partial charge in [0.25, 0.3) is 0 Å². The van der Waals surface area contributed by atoms with E-state index in [9.17, 15) is 0 Å². The van der Waals surface area contributed by atoms with E-state index in [1.807, 2.05) is 60.8 Å². The molecule has 0 fully saturated rings. The second-order valence-corrected chi connectivity index (χ2v) is 3.47. The second kappa shape index (κ2) is 25.4. The lowest BCUT2D eigenvalue weighted by molar-refractivity contribution is 1.35. The van der Waals surface area contributed by atoms with Gasteiger partial charge in [0.2, 0.25) is 0 Å². The normalized spacial score (nSPS) is 9.61. The molecular formula is C16H31ClS. The largest absolute Gasteiger partial charge is 0.106 e. The van der Waals surface area contributed by atoms with E-state index < -0.39 is 0 Å². The monoisotopic (exact) mass is 290 g/mol. The van der Waals surface area contributed by atoms with Crippen molar-refractivity contribution < 1.29 is 0 Å². The van der Waals surface area contributed by atoms with Gasteiger partial charge >= 0.3 is 0 Å². The van der Waals surface area contributed by atoms with Crippen molar-refractivity contribution in [3.63, 3.8) is 0 Å². The third-order valence-electron chi connectivity index (χ3n) is 1.33. The molecule has 0 unspecified atom stereocenters. The molecule has 0 N–H and O–H groups in total. The predicted octanol–water partition coefficient (Wildman–Crippen LogP) is 7.54. The van der Waals surface area contributed by atoms with Gasteiger partial charge in [-0.2, -0.15) is 0 Å². The molecule has 0 aliphatic carbocycles. The Kier molecular flexibility index (Phi) is 37.1. The molecule has 0 aromatic carbocycles. The Labute approximate surface area is 125 Å². The highest BCUT2D eigenvalue weighted by Crippen LogP contribution is 2.21. The maximum Gasteiger partial charge on any atom is 0.0120 e. The lowest BCUT2D eigenvalue weighted by Gasteiger charge is -2.04. The zero-order valence-electron chi connectivity index (χ0n) is 13.4. The highest BCUT2D eigenvalue weighted by molar-refractivity contribution is 8.04. The van der Waals surface area contributed by atoms with Gasteiger partial charge in [-0.25, -0.2) is 0 Å². The fraction of sp³-hybridized carbons (Fsp3) is 0.500. The number of rotatable bonds is 4. The van der Waals surface area contributed by atoms with Crippen molar-refractivity contribution in [2.45, 2.75) is 55.4 Å². The van der Waals surface area contributed by atoms with E-state index in [1.54, 1.807) is 10.9 Å². The van der Waals surface area contributed by atoms with E-state index in [1.165, 1.54) is 11.8 Å². The van der Waals surface area contributed by atoms with Gasteiger partial charge in [0.1, 0.15) is 0 Å². The van der Waals surface area contributed by atoms with Crippen molar-refractivity contribution >= 4 is 23.4 Å². The maximum absolute atomic E-state index is 5.64. The molecule has 0 atom stereocenters. The van der Waals surface area contributed by atoms with E-state index in [0.717, 1.165) is 16.7 Å². The first-order valence-electron chi connectivity index (χ1n) is 6.53. The Morgan fingerprint density at radius 3 is 1.61 bits per heavy atom. The summed E-state index contributed by atoms with van der Waals surface area (Å²) in [6, 6.07) is 0. The van der Waals surface area contributed by atoms with Crippen molar-refractivity contribution in [3.05, 3.63) is 46.2 Å². The minimum atomic E-state index is 0.975. The van der Waals surface area contributed by atoms with Crippen molar-refractivity contribution in [1.82, 2.24) is 0 Å². The number of hydrogen-bond donors (Lipinski definition) is 0. The Bertz CT molecular complexity index is 237. The second-order valence-electron chi connectivity index (χ2n) is 2.41. The average Bonchev–Trinajstić information content (AvgIpc) is 2.43. The summed E-state index contributed by atoms with van der Waals surface area (Å²) in [6.07, 6.45) is 0. The highest BCUT2D eigenvalue weighted by atomic mass is 35.5. The molecule has 0 saturated heterocycles. The van der Waals surface area contributed by atoms with Gasteiger partial charge in [0, 0.05) is 5.54 Å². The first-order chi connectivity index (χ1) is 8.63. The quantitative estimate of drug-likeness (QED) is 0.482. The average molecular weight is 291 g/mol. The van der Waals surface area contributed by atoms with Crippen LogP contribution in [0.15, 0.2) is 46.2 Å². The molecule has 108 valence electrons. The molecule has 2 heteroatoms. The van der Waals surface area contributed by atoms with Crippen LogP contribution >= 0.6 is 23.4 Å². The summed E-state index contributed by atoms with van der Waals surface area (Å²) >= 11 is 7.18. The van der Waals surface area contributed by atoms with Gasteiger partial charge in [-0.1, -0.05) is 66.3 Å². The van der Waals surface area contributed by atoms with Crippen molar-refractivity contribution in [1.29, 1.82) is 0 Å². The van der Waals surface area contributed by atoms with Crippen molar-refractivity contribution in [3.8, 4) is 0 Å². The number of allylic oxidation sites excluding steroid dienone is 3. The van der Waals surface area contributed by atoms with Gasteiger partial charge in [0.05, 0.1) is 0 Å². The van der Waals surface area contributed by atoms with Crippen LogP contribution in [0.4, 0.5) is 0 Å². The zero-order valence-corrected chi connectivity index (χ0v) is 15.0. The van der Waals surface area contributed by atoms with E-state index in [2.05, 4.69) is 13.2 Å². The van der Waals surface area contributed by atoms with Crippen LogP contribution in [0.3, 0.4) is 0 Å². The molecule has 0 rings (SSSR count). The molecule has 0 radical (unpaired) electrons. The van der Waals surface area contributed by atoms with Crippen LogP contribution in [0.5, 0.6) is 0 Å². The van der Waals surface area contributed by atoms with Gasteiger partial charge in [-0.05, 0) is 41.4 Å². The third-order valence-corrected chi connectivity index (χ3v) is 2.24. The third kappa shape index (κ3) is 18.0. The zero-order chi connectivity index (χ0) is 15.6. The first-order valence-corrected chi connectivity index (χ1v) is 7.91. The van der Waals surface area contributed by atoms with E-state index >= 15 is 0 Å². The minimum absolute atomic E-state index is 0.975. The molecule has 0 amide bonds. The summed E-state index contributed by atoms with van der Waals surface area (Å²) in [5.74, 6) is 0. The van der Waals surface area contributed by atoms with Crippen LogP contribution in [-0.2, 0) is 0 Å². The van der Waals surface area contributed by atoms with Gasteiger partial charge in [-0.15, -0.1) is 11.8 Å². The lowest BCUT2D eigenvalue weighted by atomic mass is 10.1. The standard InChI is InChI=1S/C10H13ClS.3C2H6/c1-5-12-7-9(4)10(6-11)8(2)3;3*1-2/h5-7H,1-2H2,3-4H3;3*1-2H3/b9-7+,10-6+;;;. The van der Waals surface area contributed by atoms with Crippen LogP contribution < -0.4 is 0 Å². The predicted molar refractivity (Wildman–Crippen MR) is 94.3 cm³/mol. The summed E-state index contributed by atoms with van der Waals surface area (Å²) in [7, 11) is 0. The molecule has 0 aromatic rings. The van der Waals surface area contributed by atoms with Crippen LogP contribution in [0.1, 0.15) is 55.4 Å². The highest BCUT2D eigenvalue weighted by Gasteiger charge is 1.98. The molecule has 0 heterocycles. The fourth-order valence-electron chi connectivity index (χ4n) is 0.729. The molecule has 0 saturated carbocycles. The molecule has 0 aliphatic rings. The number of halogens is 1. The number of thioether (sulfide) groups is 1. The van der Waals surface area contributed by atoms with E-state index in [-0.39, 0.29) is 0 Å². The minimum Gasteiger partial charge on any atom is -0.106 e. The number of hydrogen-bond acceptors (Lipinski definition) is 1. The fourth-order valence-corrected chi connectivity index (χ4v) is 1.52. The molecule has 0 spiro atoms. The lowest BCUT2D eigenvalue weighted by Crippen LogP contribution is -1.84. The van der Waals surface area contributed by atoms with Gasteiger partial charge < -0.3 is 0 Å².